The molecule has 2 aliphatic rings. The highest BCUT2D eigenvalue weighted by atomic mass is 16.4. The quantitative estimate of drug-likeness (QED) is 0.566. The van der Waals surface area contributed by atoms with Gasteiger partial charge in [0.1, 0.15) is 0 Å². The summed E-state index contributed by atoms with van der Waals surface area (Å²) in [6, 6.07) is 0. The topological polar surface area (TPSA) is 74.6 Å². The van der Waals surface area contributed by atoms with E-state index in [9.17, 15) is 14.7 Å². The third kappa shape index (κ3) is 3.28. The second-order valence-corrected chi connectivity index (χ2v) is 8.25. The van der Waals surface area contributed by atoms with Crippen LogP contribution in [0.1, 0.15) is 65.7 Å². The Morgan fingerprint density at radius 1 is 1.29 bits per heavy atom. The number of carboxylic acids is 2. The molecule has 0 amide bonds. The summed E-state index contributed by atoms with van der Waals surface area (Å²) in [5, 5.41) is 18.7. The van der Waals surface area contributed by atoms with Crippen LogP contribution in [0, 0.1) is 22.7 Å². The summed E-state index contributed by atoms with van der Waals surface area (Å²) in [7, 11) is 0. The summed E-state index contributed by atoms with van der Waals surface area (Å²) >= 11 is 0. The first-order valence-corrected chi connectivity index (χ1v) is 8.92. The predicted molar refractivity (Wildman–Crippen MR) is 93.7 cm³/mol. The van der Waals surface area contributed by atoms with Gasteiger partial charge in [-0.25, -0.2) is 4.79 Å². The van der Waals surface area contributed by atoms with E-state index in [0.717, 1.165) is 50.5 Å². The average Bonchev–Trinajstić information content (AvgIpc) is 2.45. The molecule has 0 aromatic heterocycles. The molecule has 2 saturated carbocycles. The lowest BCUT2D eigenvalue weighted by atomic mass is 9.46. The molecule has 0 saturated heterocycles. The highest BCUT2D eigenvalue weighted by molar-refractivity contribution is 5.80. The molecular weight excluding hydrogens is 304 g/mol. The minimum atomic E-state index is -0.907. The monoisotopic (exact) mass is 334 g/mol. The van der Waals surface area contributed by atoms with E-state index in [1.165, 1.54) is 11.6 Å². The zero-order valence-electron chi connectivity index (χ0n) is 15.1. The van der Waals surface area contributed by atoms with Crippen LogP contribution in [-0.4, -0.2) is 22.2 Å². The Morgan fingerprint density at radius 3 is 2.54 bits per heavy atom. The van der Waals surface area contributed by atoms with E-state index < -0.39 is 17.4 Å². The molecule has 0 aliphatic heterocycles. The maximum Gasteiger partial charge on any atom is 0.328 e. The van der Waals surface area contributed by atoms with Crippen molar-refractivity contribution in [2.75, 3.05) is 0 Å². The zero-order chi connectivity index (χ0) is 18.1. The molecule has 0 heterocycles. The molecule has 4 nitrogen and oxygen atoms in total. The van der Waals surface area contributed by atoms with Crippen molar-refractivity contribution in [2.45, 2.75) is 65.7 Å². The Hall–Kier alpha value is -1.58. The number of carboxylic acid groups (broad SMARTS) is 2. The Morgan fingerprint density at radius 2 is 1.96 bits per heavy atom. The summed E-state index contributed by atoms with van der Waals surface area (Å²) in [5.41, 5.74) is 1.37. The largest absolute Gasteiger partial charge is 0.481 e. The van der Waals surface area contributed by atoms with E-state index in [-0.39, 0.29) is 17.3 Å². The van der Waals surface area contributed by atoms with Crippen molar-refractivity contribution in [1.82, 2.24) is 0 Å². The van der Waals surface area contributed by atoms with Gasteiger partial charge in [-0.2, -0.15) is 0 Å². The van der Waals surface area contributed by atoms with Crippen LogP contribution in [0.5, 0.6) is 0 Å². The van der Waals surface area contributed by atoms with Gasteiger partial charge in [-0.05, 0) is 69.6 Å². The van der Waals surface area contributed by atoms with Gasteiger partial charge in [-0.3, -0.25) is 4.79 Å². The van der Waals surface area contributed by atoms with E-state index >= 15 is 0 Å². The second-order valence-electron chi connectivity index (χ2n) is 8.25. The molecule has 4 atom stereocenters. The molecule has 134 valence electrons. The molecule has 2 fully saturated rings. The highest BCUT2D eigenvalue weighted by Gasteiger charge is 2.57. The molecule has 24 heavy (non-hydrogen) atoms. The van der Waals surface area contributed by atoms with Crippen LogP contribution in [0.15, 0.2) is 23.8 Å². The number of hydrogen-bond donors (Lipinski definition) is 2. The van der Waals surface area contributed by atoms with Gasteiger partial charge in [-0.1, -0.05) is 31.1 Å². The van der Waals surface area contributed by atoms with Gasteiger partial charge in [0, 0.05) is 6.08 Å². The van der Waals surface area contributed by atoms with Crippen LogP contribution in [0.3, 0.4) is 0 Å². The van der Waals surface area contributed by atoms with E-state index in [1.807, 2.05) is 13.8 Å². The first kappa shape index (κ1) is 18.8. The van der Waals surface area contributed by atoms with Gasteiger partial charge in [0.25, 0.3) is 0 Å². The number of hydrogen-bond acceptors (Lipinski definition) is 2. The van der Waals surface area contributed by atoms with Crippen LogP contribution in [-0.2, 0) is 9.59 Å². The number of aliphatic carboxylic acids is 2. The maximum atomic E-state index is 12.0. The van der Waals surface area contributed by atoms with Crippen molar-refractivity contribution in [3.63, 3.8) is 0 Å². The summed E-state index contributed by atoms with van der Waals surface area (Å²) in [6.07, 6.45) is 7.36. The fourth-order valence-electron chi connectivity index (χ4n) is 5.39. The SMILES string of the molecule is C=C1CC[C@H]2[C@](C)(CCC[C@]2(C)C(=O)O)[C@H]1CC/C(C)=C\C(=O)O. The first-order valence-electron chi connectivity index (χ1n) is 8.92. The number of allylic oxidation sites excluding steroid dienone is 2. The zero-order valence-corrected chi connectivity index (χ0v) is 15.1. The third-order valence-electron chi connectivity index (χ3n) is 6.71. The molecule has 0 unspecified atom stereocenters. The Kier molecular flexibility index (Phi) is 5.26. The summed E-state index contributed by atoms with van der Waals surface area (Å²) < 4.78 is 0. The van der Waals surface area contributed by atoms with E-state index in [1.54, 1.807) is 0 Å². The molecule has 2 aliphatic carbocycles. The lowest BCUT2D eigenvalue weighted by Gasteiger charge is -2.57. The Labute approximate surface area is 144 Å². The maximum absolute atomic E-state index is 12.0. The van der Waals surface area contributed by atoms with Crippen LogP contribution in [0.4, 0.5) is 0 Å². The summed E-state index contributed by atoms with van der Waals surface area (Å²) in [5.74, 6) is -1.15. The Balaban J connectivity index is 2.25. The van der Waals surface area contributed by atoms with Gasteiger partial charge in [0.15, 0.2) is 0 Å². The summed E-state index contributed by atoms with van der Waals surface area (Å²) in [4.78, 5) is 22.8. The predicted octanol–water partition coefficient (Wildman–Crippen LogP) is 4.66. The van der Waals surface area contributed by atoms with Crippen LogP contribution in [0.2, 0.25) is 0 Å². The van der Waals surface area contributed by atoms with Gasteiger partial charge < -0.3 is 10.2 Å². The molecule has 0 bridgehead atoms. The molecule has 4 heteroatoms. The fourth-order valence-corrected chi connectivity index (χ4v) is 5.39. The lowest BCUT2D eigenvalue weighted by molar-refractivity contribution is -0.164. The van der Waals surface area contributed by atoms with Crippen molar-refractivity contribution in [3.8, 4) is 0 Å². The van der Waals surface area contributed by atoms with Gasteiger partial charge >= 0.3 is 11.9 Å². The normalized spacial score (nSPS) is 37.0. The molecule has 0 spiro atoms. The van der Waals surface area contributed by atoms with Crippen molar-refractivity contribution in [1.29, 1.82) is 0 Å². The van der Waals surface area contributed by atoms with E-state index in [0.29, 0.717) is 0 Å². The van der Waals surface area contributed by atoms with Crippen molar-refractivity contribution < 1.29 is 19.8 Å². The molecule has 2 rings (SSSR count). The minimum Gasteiger partial charge on any atom is -0.481 e. The van der Waals surface area contributed by atoms with E-state index in [4.69, 9.17) is 5.11 Å². The number of carbonyl (C=O) groups is 2. The van der Waals surface area contributed by atoms with E-state index in [2.05, 4.69) is 13.5 Å². The number of fused-ring (bicyclic) bond motifs is 1. The second kappa shape index (κ2) is 6.73. The minimum absolute atomic E-state index is 0.0514. The Bertz CT molecular complexity index is 576. The highest BCUT2D eigenvalue weighted by Crippen LogP contribution is 2.62. The third-order valence-corrected chi connectivity index (χ3v) is 6.71. The van der Waals surface area contributed by atoms with Crippen molar-refractivity contribution >= 4 is 11.9 Å². The fraction of sp³-hybridized carbons (Fsp3) is 0.700. The van der Waals surface area contributed by atoms with Crippen molar-refractivity contribution in [3.05, 3.63) is 23.8 Å². The van der Waals surface area contributed by atoms with Gasteiger partial charge in [0.2, 0.25) is 0 Å². The first-order chi connectivity index (χ1) is 11.1. The summed E-state index contributed by atoms with van der Waals surface area (Å²) in [6.45, 7) is 10.3. The lowest BCUT2D eigenvalue weighted by Crippen LogP contribution is -2.53. The van der Waals surface area contributed by atoms with Gasteiger partial charge in [0.05, 0.1) is 5.41 Å². The molecular formula is C20H30O4. The van der Waals surface area contributed by atoms with Gasteiger partial charge in [-0.15, -0.1) is 0 Å². The molecule has 0 radical (unpaired) electrons. The number of rotatable bonds is 5. The standard InChI is InChI=1S/C20H30O4/c1-13(12-17(21)22)6-8-15-14(2)7-9-16-19(15,3)10-5-11-20(16,4)18(23)24/h12,15-16H,2,5-11H2,1,3-4H3,(H,21,22)(H,23,24)/b13-12-/t15-,16-,19+,20-/m0/s1. The molecule has 2 N–H and O–H groups in total. The van der Waals surface area contributed by atoms with Crippen molar-refractivity contribution in [2.24, 2.45) is 22.7 Å². The smallest absolute Gasteiger partial charge is 0.328 e. The van der Waals surface area contributed by atoms with Crippen LogP contribution >= 0.6 is 0 Å². The van der Waals surface area contributed by atoms with Crippen LogP contribution < -0.4 is 0 Å². The van der Waals surface area contributed by atoms with Crippen LogP contribution in [0.25, 0.3) is 0 Å². The molecule has 0 aromatic rings. The average molecular weight is 334 g/mol. The molecule has 0 aromatic carbocycles.